The van der Waals surface area contributed by atoms with Crippen molar-refractivity contribution in [3.8, 4) is 0 Å². The van der Waals surface area contributed by atoms with Gasteiger partial charge in [0.2, 0.25) is 5.91 Å². The monoisotopic (exact) mass is 347 g/mol. The maximum Gasteiger partial charge on any atom is 0.325 e. The summed E-state index contributed by atoms with van der Waals surface area (Å²) in [5.41, 5.74) is 0.875. The molecule has 0 bridgehead atoms. The van der Waals surface area contributed by atoms with Gasteiger partial charge >= 0.3 is 6.03 Å². The quantitative estimate of drug-likeness (QED) is 0.802. The molecule has 1 saturated heterocycles. The van der Waals surface area contributed by atoms with E-state index in [1.54, 1.807) is 18.2 Å². The van der Waals surface area contributed by atoms with Crippen molar-refractivity contribution in [2.24, 2.45) is 0 Å². The fourth-order valence-electron chi connectivity index (χ4n) is 2.79. The SMILES string of the molecule is CCC1(CC)NC(=O)N(CC(=O)Nc2cccc3nsnc23)C1=O. The maximum atomic E-state index is 12.5. The van der Waals surface area contributed by atoms with E-state index in [2.05, 4.69) is 19.4 Å². The molecule has 1 aromatic heterocycles. The molecule has 0 unspecified atom stereocenters. The van der Waals surface area contributed by atoms with Gasteiger partial charge in [-0.3, -0.25) is 14.5 Å². The molecular weight excluding hydrogens is 330 g/mol. The van der Waals surface area contributed by atoms with Crippen molar-refractivity contribution < 1.29 is 14.4 Å². The zero-order chi connectivity index (χ0) is 17.3. The van der Waals surface area contributed by atoms with E-state index in [1.807, 2.05) is 13.8 Å². The molecule has 24 heavy (non-hydrogen) atoms. The summed E-state index contributed by atoms with van der Waals surface area (Å²) in [6.07, 6.45) is 0.964. The average molecular weight is 347 g/mol. The predicted molar refractivity (Wildman–Crippen MR) is 89.6 cm³/mol. The van der Waals surface area contributed by atoms with E-state index in [0.717, 1.165) is 16.6 Å². The third-order valence-corrected chi connectivity index (χ3v) is 4.86. The van der Waals surface area contributed by atoms with Crippen LogP contribution in [0.15, 0.2) is 18.2 Å². The Morgan fingerprint density at radius 1 is 1.29 bits per heavy atom. The van der Waals surface area contributed by atoms with Crippen molar-refractivity contribution in [2.75, 3.05) is 11.9 Å². The number of carbonyl (C=O) groups is 3. The number of rotatable bonds is 5. The number of aromatic nitrogens is 2. The van der Waals surface area contributed by atoms with E-state index in [9.17, 15) is 14.4 Å². The Hall–Kier alpha value is -2.55. The fourth-order valence-corrected chi connectivity index (χ4v) is 3.34. The van der Waals surface area contributed by atoms with Gasteiger partial charge in [-0.1, -0.05) is 19.9 Å². The summed E-state index contributed by atoms with van der Waals surface area (Å²) < 4.78 is 8.24. The Morgan fingerprint density at radius 2 is 2.04 bits per heavy atom. The second-order valence-electron chi connectivity index (χ2n) is 5.60. The molecule has 3 rings (SSSR count). The number of nitrogens with zero attached hydrogens (tertiary/aromatic N) is 3. The zero-order valence-corrected chi connectivity index (χ0v) is 14.1. The number of hydrogen-bond donors (Lipinski definition) is 2. The van der Waals surface area contributed by atoms with Crippen LogP contribution >= 0.6 is 11.7 Å². The van der Waals surface area contributed by atoms with E-state index in [0.29, 0.717) is 29.6 Å². The summed E-state index contributed by atoms with van der Waals surface area (Å²) in [4.78, 5) is 37.8. The topological polar surface area (TPSA) is 104 Å². The Bertz CT molecular complexity index is 814. The van der Waals surface area contributed by atoms with E-state index in [-0.39, 0.29) is 12.5 Å². The second kappa shape index (κ2) is 6.16. The van der Waals surface area contributed by atoms with E-state index < -0.39 is 17.5 Å². The van der Waals surface area contributed by atoms with Crippen LogP contribution in [0.3, 0.4) is 0 Å². The zero-order valence-electron chi connectivity index (χ0n) is 13.3. The van der Waals surface area contributed by atoms with Crippen molar-refractivity contribution in [1.82, 2.24) is 19.0 Å². The third kappa shape index (κ3) is 2.60. The highest BCUT2D eigenvalue weighted by molar-refractivity contribution is 7.00. The van der Waals surface area contributed by atoms with Gasteiger partial charge < -0.3 is 10.6 Å². The third-order valence-electron chi connectivity index (χ3n) is 4.31. The van der Waals surface area contributed by atoms with Crippen LogP contribution in [-0.2, 0) is 9.59 Å². The van der Waals surface area contributed by atoms with E-state index in [1.165, 1.54) is 0 Å². The lowest BCUT2D eigenvalue weighted by Crippen LogP contribution is -2.46. The maximum absolute atomic E-state index is 12.5. The van der Waals surface area contributed by atoms with Crippen LogP contribution in [-0.4, -0.2) is 43.6 Å². The van der Waals surface area contributed by atoms with Gasteiger partial charge in [-0.2, -0.15) is 8.75 Å². The van der Waals surface area contributed by atoms with Crippen LogP contribution in [0, 0.1) is 0 Å². The van der Waals surface area contributed by atoms with Crippen molar-refractivity contribution in [3.05, 3.63) is 18.2 Å². The molecule has 1 fully saturated rings. The van der Waals surface area contributed by atoms with Gasteiger partial charge in [-0.25, -0.2) is 4.79 Å². The minimum Gasteiger partial charge on any atom is -0.323 e. The van der Waals surface area contributed by atoms with Crippen LogP contribution in [0.4, 0.5) is 10.5 Å². The van der Waals surface area contributed by atoms with Gasteiger partial charge in [0.15, 0.2) is 0 Å². The van der Waals surface area contributed by atoms with Crippen molar-refractivity contribution in [3.63, 3.8) is 0 Å². The molecule has 2 N–H and O–H groups in total. The lowest BCUT2D eigenvalue weighted by molar-refractivity contribution is -0.134. The predicted octanol–water partition coefficient (Wildman–Crippen LogP) is 1.74. The molecule has 126 valence electrons. The van der Waals surface area contributed by atoms with Crippen LogP contribution in [0.1, 0.15) is 26.7 Å². The summed E-state index contributed by atoms with van der Waals surface area (Å²) in [5.74, 6) is -0.816. The highest BCUT2D eigenvalue weighted by atomic mass is 32.1. The number of benzene rings is 1. The molecule has 4 amide bonds. The molecule has 0 atom stereocenters. The first-order chi connectivity index (χ1) is 11.5. The lowest BCUT2D eigenvalue weighted by Gasteiger charge is -2.23. The van der Waals surface area contributed by atoms with Gasteiger partial charge in [0.1, 0.15) is 23.1 Å². The van der Waals surface area contributed by atoms with E-state index >= 15 is 0 Å². The highest BCUT2D eigenvalue weighted by Gasteiger charge is 2.49. The molecule has 2 aromatic rings. The molecule has 9 heteroatoms. The standard InChI is InChI=1S/C15H17N5O3S/c1-3-15(4-2)13(22)20(14(23)17-15)8-11(21)16-9-6-5-7-10-12(9)19-24-18-10/h5-7H,3-4,8H2,1-2H3,(H,16,21)(H,17,23). The molecule has 1 aromatic carbocycles. The Labute approximate surface area is 142 Å². The lowest BCUT2D eigenvalue weighted by atomic mass is 9.93. The summed E-state index contributed by atoms with van der Waals surface area (Å²) in [5, 5.41) is 5.39. The second-order valence-corrected chi connectivity index (χ2v) is 6.12. The van der Waals surface area contributed by atoms with Gasteiger partial charge in [0, 0.05) is 0 Å². The van der Waals surface area contributed by atoms with Crippen LogP contribution in [0.5, 0.6) is 0 Å². The molecule has 1 aliphatic rings. The first-order valence-corrected chi connectivity index (χ1v) is 8.39. The van der Waals surface area contributed by atoms with Gasteiger partial charge in [0.25, 0.3) is 5.91 Å². The minimum absolute atomic E-state index is 0.333. The number of nitrogens with one attached hydrogen (secondary N) is 2. The summed E-state index contributed by atoms with van der Waals surface area (Å²) in [6, 6.07) is 4.72. The normalized spacial score (nSPS) is 16.5. The number of carbonyl (C=O) groups excluding carboxylic acids is 3. The largest absolute Gasteiger partial charge is 0.325 e. The number of hydrogen-bond acceptors (Lipinski definition) is 6. The number of fused-ring (bicyclic) bond motifs is 1. The first kappa shape index (κ1) is 16.3. The summed E-state index contributed by atoms with van der Waals surface area (Å²) in [6.45, 7) is 3.34. The molecule has 2 heterocycles. The molecule has 0 radical (unpaired) electrons. The van der Waals surface area contributed by atoms with Crippen molar-refractivity contribution in [2.45, 2.75) is 32.2 Å². The Morgan fingerprint density at radius 3 is 2.71 bits per heavy atom. The average Bonchev–Trinajstić information content (AvgIpc) is 3.14. The number of imide groups is 1. The van der Waals surface area contributed by atoms with Crippen LogP contribution < -0.4 is 10.6 Å². The van der Waals surface area contributed by atoms with E-state index in [4.69, 9.17) is 0 Å². The number of urea groups is 1. The molecule has 0 saturated carbocycles. The van der Waals surface area contributed by atoms with Crippen LogP contribution in [0.25, 0.3) is 11.0 Å². The van der Waals surface area contributed by atoms with Gasteiger partial charge in [-0.05, 0) is 25.0 Å². The smallest absolute Gasteiger partial charge is 0.323 e. The Kier molecular flexibility index (Phi) is 4.18. The van der Waals surface area contributed by atoms with Crippen molar-refractivity contribution >= 4 is 46.3 Å². The Balaban J connectivity index is 1.74. The number of amides is 4. The molecule has 0 spiro atoms. The minimum atomic E-state index is -0.907. The van der Waals surface area contributed by atoms with Gasteiger partial charge in [-0.15, -0.1) is 0 Å². The molecule has 1 aliphatic heterocycles. The summed E-state index contributed by atoms with van der Waals surface area (Å²) in [7, 11) is 0. The molecule has 0 aliphatic carbocycles. The molecular formula is C15H17N5O3S. The number of anilines is 1. The molecule has 8 nitrogen and oxygen atoms in total. The van der Waals surface area contributed by atoms with Crippen LogP contribution in [0.2, 0.25) is 0 Å². The van der Waals surface area contributed by atoms with Gasteiger partial charge in [0.05, 0.1) is 17.4 Å². The highest BCUT2D eigenvalue weighted by Crippen LogP contribution is 2.25. The first-order valence-electron chi connectivity index (χ1n) is 7.66. The van der Waals surface area contributed by atoms with Crippen molar-refractivity contribution in [1.29, 1.82) is 0 Å². The summed E-state index contributed by atoms with van der Waals surface area (Å²) >= 11 is 1.05. The fraction of sp³-hybridized carbons (Fsp3) is 0.400.